The molecule has 0 aliphatic heterocycles. The highest BCUT2D eigenvalue weighted by Crippen LogP contribution is 2.33. The minimum Gasteiger partial charge on any atom is -0.493 e. The molecule has 0 radical (unpaired) electrons. The number of benzene rings is 2. The van der Waals surface area contributed by atoms with E-state index >= 15 is 0 Å². The summed E-state index contributed by atoms with van der Waals surface area (Å²) in [5.41, 5.74) is 8.64. The van der Waals surface area contributed by atoms with Crippen molar-refractivity contribution in [2.45, 2.75) is 25.3 Å². The van der Waals surface area contributed by atoms with Gasteiger partial charge in [0.2, 0.25) is 0 Å². The Morgan fingerprint density at radius 1 is 1.19 bits per heavy atom. The molecule has 3 N–H and O–H groups in total. The molecular weight excluding hydrogens is 359 g/mol. The van der Waals surface area contributed by atoms with Crippen molar-refractivity contribution >= 4 is 24.0 Å². The second-order valence-corrected chi connectivity index (χ2v) is 6.06. The van der Waals surface area contributed by atoms with Crippen molar-refractivity contribution in [1.82, 2.24) is 5.32 Å². The minimum absolute atomic E-state index is 0. The Kier molecular flexibility index (Phi) is 6.32. The molecule has 0 aromatic heterocycles. The highest BCUT2D eigenvalue weighted by molar-refractivity contribution is 5.95. The van der Waals surface area contributed by atoms with Crippen molar-refractivity contribution in [3.63, 3.8) is 0 Å². The van der Waals surface area contributed by atoms with E-state index in [1.807, 2.05) is 18.2 Å². The first-order valence-electron chi connectivity index (χ1n) is 8.14. The number of methoxy groups -OCH3 is 2. The molecule has 140 valence electrons. The van der Waals surface area contributed by atoms with Crippen LogP contribution in [-0.2, 0) is 6.42 Å². The fraction of sp³-hybridized carbons (Fsp3) is 0.316. The Morgan fingerprint density at radius 3 is 2.58 bits per heavy atom. The van der Waals surface area contributed by atoms with Crippen LogP contribution in [0.3, 0.4) is 0 Å². The number of anilines is 1. The van der Waals surface area contributed by atoms with Crippen LogP contribution in [-0.4, -0.2) is 20.1 Å². The van der Waals surface area contributed by atoms with E-state index in [1.165, 1.54) is 20.3 Å². The van der Waals surface area contributed by atoms with E-state index in [0.717, 1.165) is 36.5 Å². The molecule has 1 atom stereocenters. The van der Waals surface area contributed by atoms with Crippen LogP contribution in [0.2, 0.25) is 0 Å². The van der Waals surface area contributed by atoms with Gasteiger partial charge >= 0.3 is 0 Å². The molecule has 3 rings (SSSR count). The van der Waals surface area contributed by atoms with Crippen LogP contribution in [0.15, 0.2) is 30.3 Å². The third-order valence-corrected chi connectivity index (χ3v) is 4.50. The summed E-state index contributed by atoms with van der Waals surface area (Å²) in [6, 6.07) is 8.04. The van der Waals surface area contributed by atoms with Gasteiger partial charge in [0.25, 0.3) is 5.91 Å². The van der Waals surface area contributed by atoms with Gasteiger partial charge in [-0.25, -0.2) is 4.39 Å². The van der Waals surface area contributed by atoms with Crippen LogP contribution in [0.25, 0.3) is 0 Å². The van der Waals surface area contributed by atoms with Crippen molar-refractivity contribution in [1.29, 1.82) is 0 Å². The lowest BCUT2D eigenvalue weighted by atomic mass is 9.87. The van der Waals surface area contributed by atoms with Gasteiger partial charge in [0.05, 0.1) is 25.8 Å². The van der Waals surface area contributed by atoms with Gasteiger partial charge < -0.3 is 20.5 Å². The normalized spacial score (nSPS) is 15.4. The van der Waals surface area contributed by atoms with E-state index in [2.05, 4.69) is 5.32 Å². The first-order valence-corrected chi connectivity index (χ1v) is 8.14. The molecule has 2 aromatic carbocycles. The van der Waals surface area contributed by atoms with Crippen molar-refractivity contribution < 1.29 is 18.7 Å². The fourth-order valence-corrected chi connectivity index (χ4v) is 3.25. The molecule has 5 nitrogen and oxygen atoms in total. The van der Waals surface area contributed by atoms with E-state index in [0.29, 0.717) is 11.4 Å². The molecule has 0 heterocycles. The summed E-state index contributed by atoms with van der Waals surface area (Å²) in [5.74, 6) is -0.572. The molecule has 1 aliphatic carbocycles. The average molecular weight is 381 g/mol. The molecule has 26 heavy (non-hydrogen) atoms. The number of carbonyl (C=O) groups excluding carboxylic acids is 1. The zero-order valence-electron chi connectivity index (χ0n) is 14.7. The molecule has 0 spiro atoms. The third-order valence-electron chi connectivity index (χ3n) is 4.50. The highest BCUT2D eigenvalue weighted by Gasteiger charge is 2.24. The lowest BCUT2D eigenvalue weighted by molar-refractivity contribution is 0.0928. The summed E-state index contributed by atoms with van der Waals surface area (Å²) in [4.78, 5) is 12.6. The SMILES string of the molecule is COc1cc(F)c(C(=O)NC2CCCc3cc(N)ccc32)cc1OC.Cl. The summed E-state index contributed by atoms with van der Waals surface area (Å²) in [6.07, 6.45) is 2.67. The van der Waals surface area contributed by atoms with Crippen LogP contribution < -0.4 is 20.5 Å². The molecule has 0 saturated carbocycles. The van der Waals surface area contributed by atoms with Crippen molar-refractivity contribution in [2.24, 2.45) is 0 Å². The number of rotatable bonds is 4. The Morgan fingerprint density at radius 2 is 1.88 bits per heavy atom. The Hall–Kier alpha value is -2.47. The number of amides is 1. The predicted molar refractivity (Wildman–Crippen MR) is 101 cm³/mol. The summed E-state index contributed by atoms with van der Waals surface area (Å²) in [7, 11) is 2.86. The molecular formula is C19H22ClFN2O3. The Bertz CT molecular complexity index is 814. The predicted octanol–water partition coefficient (Wildman–Crippen LogP) is 3.65. The average Bonchev–Trinajstić information content (AvgIpc) is 2.61. The van der Waals surface area contributed by atoms with Gasteiger partial charge in [0, 0.05) is 11.8 Å². The smallest absolute Gasteiger partial charge is 0.254 e. The van der Waals surface area contributed by atoms with Crippen molar-refractivity contribution in [3.05, 3.63) is 52.8 Å². The van der Waals surface area contributed by atoms with Crippen LogP contribution in [0, 0.1) is 5.82 Å². The number of carbonyl (C=O) groups is 1. The maximum absolute atomic E-state index is 14.3. The fourth-order valence-electron chi connectivity index (χ4n) is 3.25. The number of nitrogens with two attached hydrogens (primary N) is 1. The van der Waals surface area contributed by atoms with Gasteiger partial charge in [-0.3, -0.25) is 4.79 Å². The number of halogens is 2. The van der Waals surface area contributed by atoms with Crippen LogP contribution in [0.1, 0.15) is 40.4 Å². The lowest BCUT2D eigenvalue weighted by Crippen LogP contribution is -2.31. The largest absolute Gasteiger partial charge is 0.493 e. The monoisotopic (exact) mass is 380 g/mol. The van der Waals surface area contributed by atoms with Gasteiger partial charge in [-0.1, -0.05) is 6.07 Å². The molecule has 0 saturated heterocycles. The van der Waals surface area contributed by atoms with E-state index < -0.39 is 11.7 Å². The van der Waals surface area contributed by atoms with Gasteiger partial charge in [-0.15, -0.1) is 12.4 Å². The summed E-state index contributed by atoms with van der Waals surface area (Å²) in [5, 5.41) is 2.92. The quantitative estimate of drug-likeness (QED) is 0.794. The van der Waals surface area contributed by atoms with E-state index in [-0.39, 0.29) is 29.8 Å². The Balaban J connectivity index is 0.00000243. The molecule has 1 aliphatic rings. The number of nitrogen functional groups attached to an aromatic ring is 1. The van der Waals surface area contributed by atoms with Gasteiger partial charge in [-0.05, 0) is 48.6 Å². The second-order valence-electron chi connectivity index (χ2n) is 6.06. The van der Waals surface area contributed by atoms with Gasteiger partial charge in [0.1, 0.15) is 5.82 Å². The standard InChI is InChI=1S/C19H21FN2O3.ClH/c1-24-17-9-14(15(20)10-18(17)25-2)19(23)22-16-5-3-4-11-8-12(21)6-7-13(11)16;/h6-10,16H,3-5,21H2,1-2H3,(H,22,23);1H. The number of nitrogens with one attached hydrogen (secondary N) is 1. The molecule has 0 bridgehead atoms. The third kappa shape index (κ3) is 3.85. The maximum atomic E-state index is 14.3. The number of fused-ring (bicyclic) bond motifs is 1. The van der Waals surface area contributed by atoms with E-state index in [4.69, 9.17) is 15.2 Å². The maximum Gasteiger partial charge on any atom is 0.254 e. The highest BCUT2D eigenvalue weighted by atomic mass is 35.5. The topological polar surface area (TPSA) is 73.6 Å². The Labute approximate surface area is 158 Å². The first-order chi connectivity index (χ1) is 12.0. The van der Waals surface area contributed by atoms with Crippen molar-refractivity contribution in [3.8, 4) is 11.5 Å². The number of aryl methyl sites for hydroxylation is 1. The zero-order chi connectivity index (χ0) is 18.0. The lowest BCUT2D eigenvalue weighted by Gasteiger charge is -2.27. The van der Waals surface area contributed by atoms with E-state index in [9.17, 15) is 9.18 Å². The molecule has 7 heteroatoms. The summed E-state index contributed by atoms with van der Waals surface area (Å²) >= 11 is 0. The number of hydrogen-bond donors (Lipinski definition) is 2. The van der Waals surface area contributed by atoms with Gasteiger partial charge in [0.15, 0.2) is 11.5 Å². The van der Waals surface area contributed by atoms with Gasteiger partial charge in [-0.2, -0.15) is 0 Å². The second kappa shape index (κ2) is 8.27. The molecule has 2 aromatic rings. The molecule has 0 fully saturated rings. The van der Waals surface area contributed by atoms with Crippen LogP contribution >= 0.6 is 12.4 Å². The number of ether oxygens (including phenoxy) is 2. The number of hydrogen-bond acceptors (Lipinski definition) is 4. The summed E-state index contributed by atoms with van der Waals surface area (Å²) < 4.78 is 24.5. The minimum atomic E-state index is -0.650. The van der Waals surface area contributed by atoms with E-state index in [1.54, 1.807) is 0 Å². The van der Waals surface area contributed by atoms with Crippen LogP contribution in [0.4, 0.5) is 10.1 Å². The summed E-state index contributed by atoms with van der Waals surface area (Å²) in [6.45, 7) is 0. The molecule has 1 amide bonds. The molecule has 1 unspecified atom stereocenters. The first kappa shape index (κ1) is 19.8. The van der Waals surface area contributed by atoms with Crippen LogP contribution in [0.5, 0.6) is 11.5 Å². The zero-order valence-corrected chi connectivity index (χ0v) is 15.5. The van der Waals surface area contributed by atoms with Crippen molar-refractivity contribution in [2.75, 3.05) is 20.0 Å².